The Morgan fingerprint density at radius 2 is 1.58 bits per heavy atom. The zero-order chi connectivity index (χ0) is 22.4. The van der Waals surface area contributed by atoms with Crippen molar-refractivity contribution in [2.24, 2.45) is 0 Å². The molecule has 0 saturated carbocycles. The van der Waals surface area contributed by atoms with Crippen molar-refractivity contribution in [1.29, 1.82) is 0 Å². The average Bonchev–Trinajstić information content (AvgIpc) is 2.80. The van der Waals surface area contributed by atoms with Crippen LogP contribution in [0.2, 0.25) is 0 Å². The molecule has 5 nitrogen and oxygen atoms in total. The van der Waals surface area contributed by atoms with Gasteiger partial charge in [-0.1, -0.05) is 48.5 Å². The molecule has 0 aliphatic heterocycles. The van der Waals surface area contributed by atoms with Gasteiger partial charge in [0.1, 0.15) is 6.54 Å². The number of quaternary nitrogens is 1. The predicted octanol–water partition coefficient (Wildman–Crippen LogP) is 3.72. The van der Waals surface area contributed by atoms with E-state index in [9.17, 15) is 4.79 Å². The topological polar surface area (TPSA) is 52.0 Å². The van der Waals surface area contributed by atoms with Gasteiger partial charge in [-0.15, -0.1) is 0 Å². The molecule has 0 spiro atoms. The molecule has 0 aromatic heterocycles. The number of aryl methyl sites for hydroxylation is 1. The number of ether oxygens (including phenoxy) is 2. The van der Waals surface area contributed by atoms with E-state index in [0.717, 1.165) is 32.8 Å². The molecule has 0 bridgehead atoms. The number of benzene rings is 3. The first-order valence-electron chi connectivity index (χ1n) is 10.4. The Bertz CT molecular complexity index is 1030. The van der Waals surface area contributed by atoms with E-state index in [1.165, 1.54) is 0 Å². The molecule has 0 fully saturated rings. The van der Waals surface area contributed by atoms with E-state index >= 15 is 0 Å². The van der Waals surface area contributed by atoms with Gasteiger partial charge in [0.05, 0.1) is 21.3 Å². The van der Waals surface area contributed by atoms with Crippen molar-refractivity contribution in [3.05, 3.63) is 77.9 Å². The molecule has 5 heteroatoms. The van der Waals surface area contributed by atoms with Crippen molar-refractivity contribution in [2.45, 2.75) is 26.4 Å². The first-order valence-corrected chi connectivity index (χ1v) is 10.4. The minimum atomic E-state index is -0.240. The molecule has 31 heavy (non-hydrogen) atoms. The lowest BCUT2D eigenvalue weighted by molar-refractivity contribution is -0.907. The Hall–Kier alpha value is -3.31. The lowest BCUT2D eigenvalue weighted by Gasteiger charge is -2.23. The molecule has 2 atom stereocenters. The monoisotopic (exact) mass is 419 g/mol. The summed E-state index contributed by atoms with van der Waals surface area (Å²) in [5, 5.41) is 3.13. The van der Waals surface area contributed by atoms with Crippen molar-refractivity contribution in [1.82, 2.24) is 0 Å². The van der Waals surface area contributed by atoms with Crippen LogP contribution in [0.25, 0.3) is 11.1 Å². The Kier molecular flexibility index (Phi) is 7.32. The predicted molar refractivity (Wildman–Crippen MR) is 125 cm³/mol. The second-order valence-corrected chi connectivity index (χ2v) is 7.78. The van der Waals surface area contributed by atoms with Gasteiger partial charge < -0.3 is 19.7 Å². The van der Waals surface area contributed by atoms with Gasteiger partial charge >= 0.3 is 0 Å². The van der Waals surface area contributed by atoms with E-state index < -0.39 is 0 Å². The van der Waals surface area contributed by atoms with Crippen molar-refractivity contribution >= 4 is 11.6 Å². The van der Waals surface area contributed by atoms with Crippen LogP contribution in [0.15, 0.2) is 66.7 Å². The molecule has 3 aromatic carbocycles. The van der Waals surface area contributed by atoms with Crippen LogP contribution in [-0.4, -0.2) is 33.2 Å². The quantitative estimate of drug-likeness (QED) is 0.585. The maximum Gasteiger partial charge on any atom is 0.282 e. The van der Waals surface area contributed by atoms with E-state index in [0.29, 0.717) is 18.0 Å². The summed E-state index contributed by atoms with van der Waals surface area (Å²) in [4.78, 5) is 14.1. The summed E-state index contributed by atoms with van der Waals surface area (Å²) >= 11 is 0. The van der Waals surface area contributed by atoms with Crippen molar-refractivity contribution in [3.8, 4) is 22.6 Å². The molecule has 1 amide bonds. The number of hydrogen-bond donors (Lipinski definition) is 2. The van der Waals surface area contributed by atoms with Crippen LogP contribution in [0.4, 0.5) is 5.69 Å². The summed E-state index contributed by atoms with van der Waals surface area (Å²) in [5.41, 5.74) is 5.14. The third-order valence-corrected chi connectivity index (χ3v) is 5.71. The third kappa shape index (κ3) is 5.25. The standard InChI is InChI=1S/C26H30N2O3/c1-18-15-24(30-4)25(31-5)16-21(18)17-28(3)19(2)26(29)27-23-14-10-9-13-22(23)20-11-7-6-8-12-20/h6-16,19H,17H2,1-5H3,(H,27,29)/p+1/t19-/m1/s1. The molecular weight excluding hydrogens is 388 g/mol. The fraction of sp³-hybridized carbons (Fsp3) is 0.269. The number of carbonyl (C=O) groups excluding carboxylic acids is 1. The summed E-state index contributed by atoms with van der Waals surface area (Å²) in [5.74, 6) is 1.40. The third-order valence-electron chi connectivity index (χ3n) is 5.71. The minimum absolute atomic E-state index is 0.0148. The molecular formula is C26H31N2O3+. The van der Waals surface area contributed by atoms with Crippen molar-refractivity contribution < 1.29 is 19.2 Å². The van der Waals surface area contributed by atoms with E-state index in [-0.39, 0.29) is 11.9 Å². The summed E-state index contributed by atoms with van der Waals surface area (Å²) in [7, 11) is 5.30. The number of para-hydroxylation sites is 1. The number of likely N-dealkylation sites (N-methyl/N-ethyl adjacent to an activating group) is 1. The van der Waals surface area contributed by atoms with Crippen LogP contribution in [0.3, 0.4) is 0 Å². The maximum atomic E-state index is 13.1. The molecule has 3 rings (SSSR count). The van der Waals surface area contributed by atoms with Gasteiger partial charge in [0.2, 0.25) is 0 Å². The van der Waals surface area contributed by atoms with Crippen molar-refractivity contribution in [2.75, 3.05) is 26.6 Å². The van der Waals surface area contributed by atoms with Crippen LogP contribution in [-0.2, 0) is 11.3 Å². The first-order chi connectivity index (χ1) is 14.9. The second-order valence-electron chi connectivity index (χ2n) is 7.78. The molecule has 0 radical (unpaired) electrons. The number of nitrogens with one attached hydrogen (secondary N) is 2. The Labute approximate surface area is 184 Å². The molecule has 0 aliphatic rings. The molecule has 2 N–H and O–H groups in total. The summed E-state index contributed by atoms with van der Waals surface area (Å²) < 4.78 is 10.8. The van der Waals surface area contributed by atoms with Gasteiger partial charge in [0.15, 0.2) is 17.5 Å². The van der Waals surface area contributed by atoms with Crippen LogP contribution < -0.4 is 19.7 Å². The van der Waals surface area contributed by atoms with E-state index in [4.69, 9.17) is 9.47 Å². The van der Waals surface area contributed by atoms with Crippen LogP contribution in [0.1, 0.15) is 18.1 Å². The van der Waals surface area contributed by atoms with Crippen molar-refractivity contribution in [3.63, 3.8) is 0 Å². The van der Waals surface area contributed by atoms with Gasteiger partial charge in [0, 0.05) is 16.8 Å². The summed E-state index contributed by atoms with van der Waals surface area (Å²) in [6, 6.07) is 21.7. The Balaban J connectivity index is 1.74. The lowest BCUT2D eigenvalue weighted by Crippen LogP contribution is -3.12. The van der Waals surface area contributed by atoms with E-state index in [1.807, 2.05) is 87.6 Å². The van der Waals surface area contributed by atoms with E-state index in [1.54, 1.807) is 14.2 Å². The smallest absolute Gasteiger partial charge is 0.282 e. The zero-order valence-electron chi connectivity index (χ0n) is 18.9. The number of rotatable bonds is 8. The second kappa shape index (κ2) is 10.1. The van der Waals surface area contributed by atoms with Crippen LogP contribution in [0, 0.1) is 6.92 Å². The van der Waals surface area contributed by atoms with Gasteiger partial charge in [0.25, 0.3) is 5.91 Å². The highest BCUT2D eigenvalue weighted by atomic mass is 16.5. The molecule has 1 unspecified atom stereocenters. The first kappa shape index (κ1) is 22.4. The minimum Gasteiger partial charge on any atom is -0.493 e. The number of methoxy groups -OCH3 is 2. The molecule has 0 saturated heterocycles. The molecule has 3 aromatic rings. The zero-order valence-corrected chi connectivity index (χ0v) is 18.9. The highest BCUT2D eigenvalue weighted by molar-refractivity contribution is 5.97. The van der Waals surface area contributed by atoms with Gasteiger partial charge in [-0.3, -0.25) is 4.79 Å². The van der Waals surface area contributed by atoms with Gasteiger partial charge in [-0.2, -0.15) is 0 Å². The number of amides is 1. The van der Waals surface area contributed by atoms with Gasteiger partial charge in [-0.05, 0) is 43.2 Å². The highest BCUT2D eigenvalue weighted by Gasteiger charge is 2.24. The number of carbonyl (C=O) groups is 1. The van der Waals surface area contributed by atoms with E-state index in [2.05, 4.69) is 5.32 Å². The van der Waals surface area contributed by atoms with Gasteiger partial charge in [-0.25, -0.2) is 0 Å². The maximum absolute atomic E-state index is 13.1. The fourth-order valence-corrected chi connectivity index (χ4v) is 3.59. The molecule has 162 valence electrons. The average molecular weight is 420 g/mol. The summed E-state index contributed by atoms with van der Waals surface area (Å²) in [6.45, 7) is 4.69. The number of hydrogen-bond acceptors (Lipinski definition) is 3. The Morgan fingerprint density at radius 3 is 2.26 bits per heavy atom. The normalized spacial score (nSPS) is 12.7. The largest absolute Gasteiger partial charge is 0.493 e. The Morgan fingerprint density at radius 1 is 0.968 bits per heavy atom. The molecule has 0 heterocycles. The fourth-order valence-electron chi connectivity index (χ4n) is 3.59. The van der Waals surface area contributed by atoms with Crippen LogP contribution in [0.5, 0.6) is 11.5 Å². The van der Waals surface area contributed by atoms with Crippen LogP contribution >= 0.6 is 0 Å². The molecule has 0 aliphatic carbocycles. The summed E-state index contributed by atoms with van der Waals surface area (Å²) in [6.07, 6.45) is 0. The lowest BCUT2D eigenvalue weighted by atomic mass is 10.0. The number of anilines is 1. The SMILES string of the molecule is COc1cc(C)c(C[NH+](C)[C@H](C)C(=O)Nc2ccccc2-c2ccccc2)cc1OC. The highest BCUT2D eigenvalue weighted by Crippen LogP contribution is 2.30.